The Balaban J connectivity index is 1.71. The first-order valence-corrected chi connectivity index (χ1v) is 10.1. The number of amides is 1. The van der Waals surface area contributed by atoms with Gasteiger partial charge in [-0.25, -0.2) is 14.3 Å². The van der Waals surface area contributed by atoms with Crippen LogP contribution in [-0.4, -0.2) is 34.2 Å². The lowest BCUT2D eigenvalue weighted by atomic mass is 10.2. The molecule has 168 valence electrons. The molecule has 0 aliphatic carbocycles. The van der Waals surface area contributed by atoms with Gasteiger partial charge in [0, 0.05) is 19.8 Å². The number of rotatable bonds is 6. The molecule has 33 heavy (non-hydrogen) atoms. The number of fused-ring (bicyclic) bond motifs is 1. The molecule has 4 rings (SSSR count). The normalized spacial score (nSPS) is 10.8. The molecule has 2 aromatic heterocycles. The number of hydrogen-bond acceptors (Lipinski definition) is 6. The lowest BCUT2D eigenvalue weighted by molar-refractivity contribution is 0.0950. The molecule has 2 aromatic carbocycles. The van der Waals surface area contributed by atoms with Gasteiger partial charge in [0.05, 0.1) is 30.9 Å². The Morgan fingerprint density at radius 1 is 1.00 bits per heavy atom. The fourth-order valence-corrected chi connectivity index (χ4v) is 3.46. The van der Waals surface area contributed by atoms with Crippen LogP contribution < -0.4 is 26.0 Å². The molecule has 0 aliphatic rings. The molecule has 0 radical (unpaired) electrons. The fourth-order valence-electron chi connectivity index (χ4n) is 3.46. The quantitative estimate of drug-likeness (QED) is 0.486. The number of nitrogens with zero attached hydrogens (tertiary/aromatic N) is 3. The van der Waals surface area contributed by atoms with Gasteiger partial charge in [-0.05, 0) is 48.0 Å². The SMILES string of the molecule is COc1ccc(-n2c(=O)n(C)c(=O)c3cc(C(=O)NCc4cccc(OC)c4)cnc32)cc1. The number of ether oxygens (including phenoxy) is 2. The zero-order valence-electron chi connectivity index (χ0n) is 18.4. The van der Waals surface area contributed by atoms with E-state index in [2.05, 4.69) is 10.3 Å². The molecule has 0 saturated heterocycles. The molecular formula is C24H22N4O5. The summed E-state index contributed by atoms with van der Waals surface area (Å²) in [4.78, 5) is 42.7. The van der Waals surface area contributed by atoms with Gasteiger partial charge in [0.25, 0.3) is 11.5 Å². The second-order valence-corrected chi connectivity index (χ2v) is 7.31. The highest BCUT2D eigenvalue weighted by atomic mass is 16.5. The van der Waals surface area contributed by atoms with Crippen LogP contribution in [0, 0.1) is 0 Å². The third-order valence-corrected chi connectivity index (χ3v) is 5.27. The number of methoxy groups -OCH3 is 2. The van der Waals surface area contributed by atoms with E-state index in [1.165, 1.54) is 23.9 Å². The van der Waals surface area contributed by atoms with Crippen molar-refractivity contribution in [3.05, 3.63) is 92.8 Å². The summed E-state index contributed by atoms with van der Waals surface area (Å²) in [6, 6.07) is 15.6. The molecule has 0 atom stereocenters. The lowest BCUT2D eigenvalue weighted by Crippen LogP contribution is -2.38. The summed E-state index contributed by atoms with van der Waals surface area (Å²) in [6.07, 6.45) is 1.35. The number of benzene rings is 2. The fraction of sp³-hybridized carbons (Fsp3) is 0.167. The van der Waals surface area contributed by atoms with E-state index >= 15 is 0 Å². The minimum atomic E-state index is -0.541. The Labute approximate surface area is 188 Å². The van der Waals surface area contributed by atoms with Gasteiger partial charge in [-0.1, -0.05) is 12.1 Å². The van der Waals surface area contributed by atoms with Crippen molar-refractivity contribution in [3.8, 4) is 17.2 Å². The first-order valence-electron chi connectivity index (χ1n) is 10.1. The van der Waals surface area contributed by atoms with Crippen molar-refractivity contribution in [2.75, 3.05) is 14.2 Å². The summed E-state index contributed by atoms with van der Waals surface area (Å²) < 4.78 is 12.7. The second kappa shape index (κ2) is 8.99. The van der Waals surface area contributed by atoms with Crippen molar-refractivity contribution in [1.29, 1.82) is 0 Å². The van der Waals surface area contributed by atoms with Gasteiger partial charge in [-0.15, -0.1) is 0 Å². The zero-order valence-corrected chi connectivity index (χ0v) is 18.4. The second-order valence-electron chi connectivity index (χ2n) is 7.31. The highest BCUT2D eigenvalue weighted by Crippen LogP contribution is 2.17. The van der Waals surface area contributed by atoms with Gasteiger partial charge >= 0.3 is 5.69 Å². The molecule has 0 aliphatic heterocycles. The summed E-state index contributed by atoms with van der Waals surface area (Å²) >= 11 is 0. The molecule has 0 saturated carbocycles. The lowest BCUT2D eigenvalue weighted by Gasteiger charge is -2.13. The summed E-state index contributed by atoms with van der Waals surface area (Å²) in [7, 11) is 4.51. The summed E-state index contributed by atoms with van der Waals surface area (Å²) in [5, 5.41) is 2.96. The topological polar surface area (TPSA) is 104 Å². The van der Waals surface area contributed by atoms with Crippen LogP contribution in [0.25, 0.3) is 16.7 Å². The molecule has 0 fully saturated rings. The average molecular weight is 446 g/mol. The Bertz CT molecular complexity index is 1450. The average Bonchev–Trinajstić information content (AvgIpc) is 2.86. The number of pyridine rings is 1. The van der Waals surface area contributed by atoms with E-state index in [4.69, 9.17) is 9.47 Å². The summed E-state index contributed by atoms with van der Waals surface area (Å²) in [5.74, 6) is 0.925. The van der Waals surface area contributed by atoms with E-state index in [0.29, 0.717) is 17.2 Å². The van der Waals surface area contributed by atoms with Crippen LogP contribution in [0.1, 0.15) is 15.9 Å². The maximum Gasteiger partial charge on any atom is 0.337 e. The van der Waals surface area contributed by atoms with Gasteiger partial charge in [0.2, 0.25) is 0 Å². The van der Waals surface area contributed by atoms with Crippen molar-refractivity contribution in [2.45, 2.75) is 6.54 Å². The van der Waals surface area contributed by atoms with E-state index in [0.717, 1.165) is 10.1 Å². The van der Waals surface area contributed by atoms with Crippen LogP contribution in [0.3, 0.4) is 0 Å². The van der Waals surface area contributed by atoms with Crippen molar-refractivity contribution < 1.29 is 14.3 Å². The maximum atomic E-state index is 12.9. The van der Waals surface area contributed by atoms with Crippen LogP contribution in [0.4, 0.5) is 0 Å². The molecule has 0 spiro atoms. The number of aromatic nitrogens is 3. The van der Waals surface area contributed by atoms with Gasteiger partial charge < -0.3 is 14.8 Å². The minimum Gasteiger partial charge on any atom is -0.497 e. The molecule has 9 nitrogen and oxygen atoms in total. The van der Waals surface area contributed by atoms with Gasteiger partial charge in [-0.3, -0.25) is 14.2 Å². The Morgan fingerprint density at radius 2 is 1.73 bits per heavy atom. The van der Waals surface area contributed by atoms with E-state index < -0.39 is 17.2 Å². The van der Waals surface area contributed by atoms with Crippen molar-refractivity contribution >= 4 is 16.9 Å². The van der Waals surface area contributed by atoms with Crippen molar-refractivity contribution in [3.63, 3.8) is 0 Å². The molecular weight excluding hydrogens is 424 g/mol. The van der Waals surface area contributed by atoms with Gasteiger partial charge in [-0.2, -0.15) is 0 Å². The highest BCUT2D eigenvalue weighted by Gasteiger charge is 2.16. The number of nitrogens with one attached hydrogen (secondary N) is 1. The standard InChI is InChI=1S/C24H22N4O5/c1-27-23(30)20-12-16(22(29)26-13-15-5-4-6-19(11-15)33-3)14-25-21(20)28(24(27)31)17-7-9-18(32-2)10-8-17/h4-12,14H,13H2,1-3H3,(H,26,29). The predicted octanol–water partition coefficient (Wildman–Crippen LogP) is 2.03. The van der Waals surface area contributed by atoms with Crippen LogP contribution >= 0.6 is 0 Å². The molecule has 2 heterocycles. The van der Waals surface area contributed by atoms with Crippen LogP contribution in [0.5, 0.6) is 11.5 Å². The van der Waals surface area contributed by atoms with E-state index in [-0.39, 0.29) is 23.1 Å². The zero-order chi connectivity index (χ0) is 23.5. The first-order chi connectivity index (χ1) is 15.9. The summed E-state index contributed by atoms with van der Waals surface area (Å²) in [5.41, 5.74) is 0.681. The third-order valence-electron chi connectivity index (χ3n) is 5.27. The molecule has 0 bridgehead atoms. The Hall–Kier alpha value is -4.40. The van der Waals surface area contributed by atoms with E-state index in [1.807, 2.05) is 24.3 Å². The first kappa shape index (κ1) is 21.8. The van der Waals surface area contributed by atoms with Gasteiger partial charge in [0.15, 0.2) is 5.65 Å². The molecule has 0 unspecified atom stereocenters. The van der Waals surface area contributed by atoms with Crippen molar-refractivity contribution in [2.24, 2.45) is 7.05 Å². The molecule has 9 heteroatoms. The Morgan fingerprint density at radius 3 is 2.42 bits per heavy atom. The number of carbonyl (C=O) groups excluding carboxylic acids is 1. The largest absolute Gasteiger partial charge is 0.497 e. The van der Waals surface area contributed by atoms with Gasteiger partial charge in [0.1, 0.15) is 11.5 Å². The molecule has 1 N–H and O–H groups in total. The minimum absolute atomic E-state index is 0.155. The molecule has 1 amide bonds. The predicted molar refractivity (Wildman–Crippen MR) is 123 cm³/mol. The van der Waals surface area contributed by atoms with Crippen LogP contribution in [-0.2, 0) is 13.6 Å². The van der Waals surface area contributed by atoms with Crippen molar-refractivity contribution in [1.82, 2.24) is 19.4 Å². The number of hydrogen-bond donors (Lipinski definition) is 1. The maximum absolute atomic E-state index is 12.9. The number of carbonyl (C=O) groups is 1. The smallest absolute Gasteiger partial charge is 0.337 e. The highest BCUT2D eigenvalue weighted by molar-refractivity contribution is 5.96. The van der Waals surface area contributed by atoms with E-state index in [1.54, 1.807) is 38.5 Å². The monoisotopic (exact) mass is 446 g/mol. The summed E-state index contributed by atoms with van der Waals surface area (Å²) in [6.45, 7) is 0.275. The van der Waals surface area contributed by atoms with Crippen LogP contribution in [0.2, 0.25) is 0 Å². The van der Waals surface area contributed by atoms with Crippen LogP contribution in [0.15, 0.2) is 70.4 Å². The van der Waals surface area contributed by atoms with E-state index in [9.17, 15) is 14.4 Å². The third kappa shape index (κ3) is 4.20. The molecule has 4 aromatic rings. The Kier molecular flexibility index (Phi) is 5.95.